The molecule has 0 bridgehead atoms. The smallest absolute Gasteiger partial charge is 0.316 e. The van der Waals surface area contributed by atoms with Crippen LogP contribution in [0.15, 0.2) is 84.9 Å². The zero-order chi connectivity index (χ0) is 20.9. The molecule has 0 aliphatic heterocycles. The summed E-state index contributed by atoms with van der Waals surface area (Å²) < 4.78 is 5.81. The maximum absolute atomic E-state index is 13.4. The van der Waals surface area contributed by atoms with Crippen LogP contribution in [0, 0.1) is 0 Å². The Morgan fingerprint density at radius 2 is 1.34 bits per heavy atom. The summed E-state index contributed by atoms with van der Waals surface area (Å²) >= 11 is 6.41. The second-order valence-electron chi connectivity index (χ2n) is 7.93. The Morgan fingerprint density at radius 3 is 1.90 bits per heavy atom. The van der Waals surface area contributed by atoms with Gasteiger partial charge in [0.25, 0.3) is 0 Å². The Morgan fingerprint density at radius 1 is 0.828 bits per heavy atom. The number of anilines is 1. The highest BCUT2D eigenvalue weighted by Gasteiger charge is 2.35. The predicted molar refractivity (Wildman–Crippen MR) is 119 cm³/mol. The van der Waals surface area contributed by atoms with Crippen LogP contribution in [-0.4, -0.2) is 11.6 Å². The summed E-state index contributed by atoms with van der Waals surface area (Å²) in [6, 6.07) is 26.8. The van der Waals surface area contributed by atoms with Crippen molar-refractivity contribution in [2.45, 2.75) is 38.3 Å². The average molecular weight is 408 g/mol. The molecule has 1 N–H and O–H groups in total. The summed E-state index contributed by atoms with van der Waals surface area (Å²) in [4.78, 5) is 13.4. The lowest BCUT2D eigenvalue weighted by molar-refractivity contribution is -0.157. The molecule has 0 saturated carbocycles. The summed E-state index contributed by atoms with van der Waals surface area (Å²) in [5.74, 6) is -0.828. The van der Waals surface area contributed by atoms with E-state index in [1.807, 2.05) is 106 Å². The van der Waals surface area contributed by atoms with Gasteiger partial charge in [0.15, 0.2) is 0 Å². The molecule has 150 valence electrons. The maximum atomic E-state index is 13.4. The lowest BCUT2D eigenvalue weighted by Gasteiger charge is -2.31. The fourth-order valence-electron chi connectivity index (χ4n) is 3.26. The van der Waals surface area contributed by atoms with Gasteiger partial charge in [0.05, 0.1) is 16.8 Å². The molecule has 0 radical (unpaired) electrons. The van der Waals surface area contributed by atoms with Gasteiger partial charge >= 0.3 is 5.97 Å². The van der Waals surface area contributed by atoms with Gasteiger partial charge in [-0.1, -0.05) is 84.4 Å². The molecular weight excluding hydrogens is 382 g/mol. The fourth-order valence-corrected chi connectivity index (χ4v) is 3.45. The van der Waals surface area contributed by atoms with Gasteiger partial charge in [-0.2, -0.15) is 0 Å². The van der Waals surface area contributed by atoms with Crippen LogP contribution < -0.4 is 5.32 Å². The number of hydrogen-bond acceptors (Lipinski definition) is 3. The SMILES string of the molecule is CC(C)(C)OC(=O)C(c1ccccc1)C(Nc1ccccc1Cl)c1ccccc1. The van der Waals surface area contributed by atoms with Gasteiger partial charge in [-0.05, 0) is 44.0 Å². The van der Waals surface area contributed by atoms with E-state index in [4.69, 9.17) is 16.3 Å². The Bertz CT molecular complexity index is 936. The predicted octanol–water partition coefficient (Wildman–Crippen LogP) is 6.62. The summed E-state index contributed by atoms with van der Waals surface area (Å²) in [5, 5.41) is 4.10. The minimum atomic E-state index is -0.588. The highest BCUT2D eigenvalue weighted by molar-refractivity contribution is 6.33. The van der Waals surface area contributed by atoms with E-state index in [2.05, 4.69) is 5.32 Å². The van der Waals surface area contributed by atoms with Crippen LogP contribution in [0.3, 0.4) is 0 Å². The van der Waals surface area contributed by atoms with Crippen molar-refractivity contribution >= 4 is 23.3 Å². The summed E-state index contributed by atoms with van der Waals surface area (Å²) in [6.45, 7) is 5.64. The third-order valence-electron chi connectivity index (χ3n) is 4.50. The van der Waals surface area contributed by atoms with Crippen molar-refractivity contribution in [2.24, 2.45) is 0 Å². The van der Waals surface area contributed by atoms with Gasteiger partial charge in [-0.25, -0.2) is 0 Å². The van der Waals surface area contributed by atoms with E-state index in [1.165, 1.54) is 0 Å². The minimum absolute atomic E-state index is 0.280. The first-order valence-electron chi connectivity index (χ1n) is 9.69. The summed E-state index contributed by atoms with van der Waals surface area (Å²) in [5.41, 5.74) is 2.05. The Labute approximate surface area is 177 Å². The Balaban J connectivity index is 2.09. The number of ether oxygens (including phenoxy) is 1. The van der Waals surface area contributed by atoms with Crippen LogP contribution in [-0.2, 0) is 9.53 Å². The maximum Gasteiger partial charge on any atom is 0.316 e. The van der Waals surface area contributed by atoms with Gasteiger partial charge in [0, 0.05) is 0 Å². The molecule has 0 aliphatic rings. The number of benzene rings is 3. The second-order valence-corrected chi connectivity index (χ2v) is 8.34. The van der Waals surface area contributed by atoms with Gasteiger partial charge in [-0.3, -0.25) is 4.79 Å². The number of hydrogen-bond donors (Lipinski definition) is 1. The van der Waals surface area contributed by atoms with Crippen molar-refractivity contribution < 1.29 is 9.53 Å². The van der Waals surface area contributed by atoms with E-state index in [0.717, 1.165) is 16.8 Å². The molecule has 3 aromatic rings. The first-order valence-corrected chi connectivity index (χ1v) is 10.1. The van der Waals surface area contributed by atoms with Gasteiger partial charge in [-0.15, -0.1) is 0 Å². The monoisotopic (exact) mass is 407 g/mol. The number of carbonyl (C=O) groups is 1. The average Bonchev–Trinajstić information content (AvgIpc) is 2.69. The van der Waals surface area contributed by atoms with Gasteiger partial charge < -0.3 is 10.1 Å². The Hall–Kier alpha value is -2.78. The van der Waals surface area contributed by atoms with Crippen molar-refractivity contribution in [3.05, 3.63) is 101 Å². The van der Waals surface area contributed by atoms with Crippen molar-refractivity contribution in [1.29, 1.82) is 0 Å². The summed E-state index contributed by atoms with van der Waals surface area (Å²) in [6.07, 6.45) is 0. The molecule has 2 atom stereocenters. The largest absolute Gasteiger partial charge is 0.459 e. The lowest BCUT2D eigenvalue weighted by Crippen LogP contribution is -2.33. The molecule has 0 aromatic heterocycles. The van der Waals surface area contributed by atoms with E-state index in [9.17, 15) is 4.79 Å². The fraction of sp³-hybridized carbons (Fsp3) is 0.240. The van der Waals surface area contributed by atoms with Crippen molar-refractivity contribution in [1.82, 2.24) is 0 Å². The van der Waals surface area contributed by atoms with Crippen LogP contribution in [0.1, 0.15) is 43.9 Å². The number of esters is 1. The molecule has 0 fully saturated rings. The number of para-hydroxylation sites is 1. The molecule has 4 heteroatoms. The summed E-state index contributed by atoms with van der Waals surface area (Å²) in [7, 11) is 0. The zero-order valence-corrected chi connectivity index (χ0v) is 17.7. The molecule has 2 unspecified atom stereocenters. The third-order valence-corrected chi connectivity index (χ3v) is 4.83. The molecule has 3 aromatic carbocycles. The molecule has 0 saturated heterocycles. The van der Waals surface area contributed by atoms with Crippen LogP contribution in [0.25, 0.3) is 0 Å². The normalized spacial score (nSPS) is 13.4. The van der Waals surface area contributed by atoms with E-state index in [-0.39, 0.29) is 12.0 Å². The van der Waals surface area contributed by atoms with E-state index in [1.54, 1.807) is 0 Å². The van der Waals surface area contributed by atoms with E-state index >= 15 is 0 Å². The van der Waals surface area contributed by atoms with Crippen molar-refractivity contribution in [2.75, 3.05) is 5.32 Å². The van der Waals surface area contributed by atoms with Crippen LogP contribution in [0.5, 0.6) is 0 Å². The topological polar surface area (TPSA) is 38.3 Å². The van der Waals surface area contributed by atoms with Crippen molar-refractivity contribution in [3.8, 4) is 0 Å². The number of carbonyl (C=O) groups excluding carboxylic acids is 1. The first kappa shape index (κ1) is 20.9. The van der Waals surface area contributed by atoms with Gasteiger partial charge in [0.2, 0.25) is 0 Å². The lowest BCUT2D eigenvalue weighted by atomic mass is 9.86. The van der Waals surface area contributed by atoms with Crippen molar-refractivity contribution in [3.63, 3.8) is 0 Å². The number of nitrogens with one attached hydrogen (secondary N) is 1. The van der Waals surface area contributed by atoms with Crippen LogP contribution in [0.4, 0.5) is 5.69 Å². The zero-order valence-electron chi connectivity index (χ0n) is 16.9. The molecule has 3 nitrogen and oxygen atoms in total. The van der Waals surface area contributed by atoms with E-state index < -0.39 is 11.5 Å². The molecule has 0 heterocycles. The van der Waals surface area contributed by atoms with E-state index in [0.29, 0.717) is 5.02 Å². The quantitative estimate of drug-likeness (QED) is 0.466. The molecular formula is C25H26ClNO2. The van der Waals surface area contributed by atoms with Gasteiger partial charge in [0.1, 0.15) is 11.5 Å². The first-order chi connectivity index (χ1) is 13.8. The molecule has 3 rings (SSSR count). The standard InChI is InChI=1S/C25H26ClNO2/c1-25(2,3)29-24(28)22(18-12-6-4-7-13-18)23(19-14-8-5-9-15-19)27-21-17-11-10-16-20(21)26/h4-17,22-23,27H,1-3H3. The molecule has 0 spiro atoms. The van der Waals surface area contributed by atoms with Crippen LogP contribution >= 0.6 is 11.6 Å². The molecule has 0 amide bonds. The molecule has 0 aliphatic carbocycles. The highest BCUT2D eigenvalue weighted by Crippen LogP contribution is 2.37. The molecule has 29 heavy (non-hydrogen) atoms. The van der Waals surface area contributed by atoms with Crippen LogP contribution in [0.2, 0.25) is 5.02 Å². The number of halogens is 1. The Kier molecular flexibility index (Phi) is 6.60. The highest BCUT2D eigenvalue weighted by atomic mass is 35.5. The minimum Gasteiger partial charge on any atom is -0.459 e. The third kappa shape index (κ3) is 5.61. The second kappa shape index (κ2) is 9.15. The number of rotatable bonds is 6.